The summed E-state index contributed by atoms with van der Waals surface area (Å²) in [6.45, 7) is 3.77. The number of hydrogen-bond acceptors (Lipinski definition) is 2. The van der Waals surface area contributed by atoms with Gasteiger partial charge in [-0.15, -0.1) is 6.58 Å². The molecule has 1 aromatic rings. The maximum Gasteiger partial charge on any atom is 0.329 e. The van der Waals surface area contributed by atoms with Crippen molar-refractivity contribution in [1.82, 2.24) is 5.32 Å². The van der Waals surface area contributed by atoms with Crippen molar-refractivity contribution in [1.29, 1.82) is 0 Å². The van der Waals surface area contributed by atoms with Gasteiger partial charge in [0.25, 0.3) is 5.91 Å². The van der Waals surface area contributed by atoms with Crippen molar-refractivity contribution in [2.75, 3.05) is 6.54 Å². The Morgan fingerprint density at radius 3 is 2.47 bits per heavy atom. The number of nitrogens with one attached hydrogen (secondary N) is 1. The Kier molecular flexibility index (Phi) is 4.69. The molecule has 0 aromatic heterocycles. The second kappa shape index (κ2) is 6.27. The van der Waals surface area contributed by atoms with E-state index >= 15 is 0 Å². The van der Waals surface area contributed by atoms with Gasteiger partial charge in [0.2, 0.25) is 0 Å². The first-order valence-corrected chi connectivity index (χ1v) is 5.04. The molecule has 1 aromatic carbocycles. The van der Waals surface area contributed by atoms with Crippen LogP contribution in [0.5, 0.6) is 0 Å². The van der Waals surface area contributed by atoms with Crippen molar-refractivity contribution in [3.63, 3.8) is 0 Å². The van der Waals surface area contributed by atoms with Crippen molar-refractivity contribution in [3.05, 3.63) is 54.6 Å². The summed E-state index contributed by atoms with van der Waals surface area (Å²) in [5, 5.41) is 11.3. The average molecular weight is 231 g/mol. The number of hydrogen-bond donors (Lipinski definition) is 2. The lowest BCUT2D eigenvalue weighted by atomic mass is 10.0. The van der Waals surface area contributed by atoms with Crippen LogP contribution in [0.4, 0.5) is 0 Å². The average Bonchev–Trinajstić information content (AvgIpc) is 2.34. The van der Waals surface area contributed by atoms with E-state index in [0.29, 0.717) is 12.1 Å². The molecule has 88 valence electrons. The molecule has 0 unspecified atom stereocenters. The highest BCUT2D eigenvalue weighted by Gasteiger charge is 2.12. The van der Waals surface area contributed by atoms with Gasteiger partial charge in [0.1, 0.15) is 0 Å². The zero-order valence-electron chi connectivity index (χ0n) is 9.22. The minimum absolute atomic E-state index is 0.125. The number of carbonyl (C=O) groups is 2. The topological polar surface area (TPSA) is 66.4 Å². The highest BCUT2D eigenvalue weighted by molar-refractivity contribution is 6.22. The summed E-state index contributed by atoms with van der Waals surface area (Å²) in [6, 6.07) is 8.64. The van der Waals surface area contributed by atoms with Gasteiger partial charge in [0.05, 0.1) is 5.57 Å². The van der Waals surface area contributed by atoms with Gasteiger partial charge in [-0.05, 0) is 5.56 Å². The third-order valence-electron chi connectivity index (χ3n) is 2.00. The fourth-order valence-electron chi connectivity index (χ4n) is 1.28. The van der Waals surface area contributed by atoms with Crippen molar-refractivity contribution in [2.24, 2.45) is 0 Å². The number of rotatable bonds is 5. The summed E-state index contributed by atoms with van der Waals surface area (Å²) in [4.78, 5) is 22.4. The van der Waals surface area contributed by atoms with E-state index in [1.54, 1.807) is 30.3 Å². The van der Waals surface area contributed by atoms with E-state index in [1.807, 2.05) is 0 Å². The largest absolute Gasteiger partial charge is 0.478 e. The number of aliphatic carboxylic acids is 1. The molecule has 17 heavy (non-hydrogen) atoms. The van der Waals surface area contributed by atoms with Gasteiger partial charge < -0.3 is 10.4 Å². The Labute approximate surface area is 99.3 Å². The van der Waals surface area contributed by atoms with Crippen molar-refractivity contribution in [3.8, 4) is 0 Å². The minimum atomic E-state index is -1.15. The zero-order chi connectivity index (χ0) is 12.7. The standard InChI is InChI=1S/C13H13NO3/c1-2-8-14-13(17)11(9-12(15)16)10-6-4-3-5-7-10/h2-7,9H,1,8H2,(H,14,17)(H,15,16). The summed E-state index contributed by atoms with van der Waals surface area (Å²) < 4.78 is 0. The highest BCUT2D eigenvalue weighted by Crippen LogP contribution is 2.13. The first kappa shape index (κ1) is 12.7. The molecule has 0 fully saturated rings. The lowest BCUT2D eigenvalue weighted by Crippen LogP contribution is -2.24. The summed E-state index contributed by atoms with van der Waals surface area (Å²) in [6.07, 6.45) is 2.43. The van der Waals surface area contributed by atoms with Gasteiger partial charge in [-0.3, -0.25) is 4.79 Å². The highest BCUT2D eigenvalue weighted by atomic mass is 16.4. The van der Waals surface area contributed by atoms with Crippen LogP contribution in [0.3, 0.4) is 0 Å². The molecule has 0 aliphatic rings. The van der Waals surface area contributed by atoms with Crippen LogP contribution >= 0.6 is 0 Å². The molecular weight excluding hydrogens is 218 g/mol. The summed E-state index contributed by atoms with van der Waals surface area (Å²) in [5.74, 6) is -1.59. The Bertz CT molecular complexity index is 449. The Morgan fingerprint density at radius 1 is 1.29 bits per heavy atom. The van der Waals surface area contributed by atoms with Crippen LogP contribution in [0.15, 0.2) is 49.1 Å². The quantitative estimate of drug-likeness (QED) is 0.595. The second-order valence-electron chi connectivity index (χ2n) is 3.26. The maximum atomic E-state index is 11.7. The Morgan fingerprint density at radius 2 is 1.94 bits per heavy atom. The molecule has 0 bridgehead atoms. The predicted molar refractivity (Wildman–Crippen MR) is 65.3 cm³/mol. The van der Waals surface area contributed by atoms with Gasteiger partial charge >= 0.3 is 5.97 Å². The predicted octanol–water partition coefficient (Wildman–Crippen LogP) is 1.46. The third kappa shape index (κ3) is 3.95. The van der Waals surface area contributed by atoms with Crippen LogP contribution in [0, 0.1) is 0 Å². The van der Waals surface area contributed by atoms with Crippen LogP contribution in [0.2, 0.25) is 0 Å². The van der Waals surface area contributed by atoms with Crippen LogP contribution in [0.1, 0.15) is 5.56 Å². The third-order valence-corrected chi connectivity index (χ3v) is 2.00. The van der Waals surface area contributed by atoms with Crippen molar-refractivity contribution >= 4 is 17.4 Å². The maximum absolute atomic E-state index is 11.7. The fraction of sp³-hybridized carbons (Fsp3) is 0.0769. The molecular formula is C13H13NO3. The molecule has 4 heteroatoms. The molecule has 0 saturated carbocycles. The van der Waals surface area contributed by atoms with Crippen LogP contribution in [0.25, 0.3) is 5.57 Å². The molecule has 1 rings (SSSR count). The number of carboxylic acids is 1. The van der Waals surface area contributed by atoms with E-state index in [0.717, 1.165) is 6.08 Å². The number of benzene rings is 1. The summed E-state index contributed by atoms with van der Waals surface area (Å²) in [7, 11) is 0. The first-order valence-electron chi connectivity index (χ1n) is 5.04. The molecule has 4 nitrogen and oxygen atoms in total. The van der Waals surface area contributed by atoms with Gasteiger partial charge in [-0.2, -0.15) is 0 Å². The second-order valence-corrected chi connectivity index (χ2v) is 3.26. The number of carboxylic acid groups (broad SMARTS) is 1. The smallest absolute Gasteiger partial charge is 0.329 e. The van der Waals surface area contributed by atoms with Crippen molar-refractivity contribution in [2.45, 2.75) is 0 Å². The number of amides is 1. The Hall–Kier alpha value is -2.36. The van der Waals surface area contributed by atoms with E-state index in [2.05, 4.69) is 11.9 Å². The Balaban J connectivity index is 3.01. The molecule has 0 atom stereocenters. The first-order chi connectivity index (χ1) is 8.15. The molecule has 1 amide bonds. The van der Waals surface area contributed by atoms with Crippen molar-refractivity contribution < 1.29 is 14.7 Å². The van der Waals surface area contributed by atoms with E-state index in [9.17, 15) is 9.59 Å². The van der Waals surface area contributed by atoms with Gasteiger partial charge in [0.15, 0.2) is 0 Å². The molecule has 2 N–H and O–H groups in total. The number of carbonyl (C=O) groups excluding carboxylic acids is 1. The van der Waals surface area contributed by atoms with Gasteiger partial charge in [0, 0.05) is 12.6 Å². The monoisotopic (exact) mass is 231 g/mol. The minimum Gasteiger partial charge on any atom is -0.478 e. The zero-order valence-corrected chi connectivity index (χ0v) is 9.22. The van der Waals surface area contributed by atoms with E-state index in [-0.39, 0.29) is 5.57 Å². The normalized spacial score (nSPS) is 10.7. The summed E-state index contributed by atoms with van der Waals surface area (Å²) in [5.41, 5.74) is 0.691. The molecule has 0 radical (unpaired) electrons. The lowest BCUT2D eigenvalue weighted by molar-refractivity contribution is -0.131. The van der Waals surface area contributed by atoms with E-state index in [4.69, 9.17) is 5.11 Å². The van der Waals surface area contributed by atoms with Gasteiger partial charge in [-0.1, -0.05) is 36.4 Å². The molecule has 0 spiro atoms. The SMILES string of the molecule is C=CCNC(=O)C(=CC(=O)O)c1ccccc1. The summed E-state index contributed by atoms with van der Waals surface area (Å²) >= 11 is 0. The molecule has 0 saturated heterocycles. The molecule has 0 aliphatic heterocycles. The van der Waals surface area contributed by atoms with E-state index in [1.165, 1.54) is 6.08 Å². The molecule has 0 heterocycles. The van der Waals surface area contributed by atoms with Gasteiger partial charge in [-0.25, -0.2) is 4.79 Å². The molecule has 0 aliphatic carbocycles. The lowest BCUT2D eigenvalue weighted by Gasteiger charge is -2.06. The van der Waals surface area contributed by atoms with Crippen LogP contribution < -0.4 is 5.32 Å². The fourth-order valence-corrected chi connectivity index (χ4v) is 1.28. The van der Waals surface area contributed by atoms with E-state index < -0.39 is 11.9 Å². The van der Waals surface area contributed by atoms with Crippen LogP contribution in [-0.2, 0) is 9.59 Å². The van der Waals surface area contributed by atoms with Crippen LogP contribution in [-0.4, -0.2) is 23.5 Å².